The molecular weight excluding hydrogens is 335 g/mol. The number of hydrogen-bond donors (Lipinski definition) is 1. The Bertz CT molecular complexity index is 815. The molecule has 8 heteroatoms. The Kier molecular flexibility index (Phi) is 5.71. The lowest BCUT2D eigenvalue weighted by atomic mass is 10.2. The number of carbonyl (C=O) groups is 1. The molecule has 0 spiro atoms. The summed E-state index contributed by atoms with van der Waals surface area (Å²) >= 11 is 0. The molecule has 0 atom stereocenters. The third kappa shape index (κ3) is 5.45. The number of halogens is 1. The number of aromatic nitrogens is 1. The fraction of sp³-hybridized carbons (Fsp3) is 0.375. The molecule has 0 aliphatic rings. The first-order chi connectivity index (χ1) is 11.2. The van der Waals surface area contributed by atoms with Crippen molar-refractivity contribution in [1.29, 1.82) is 0 Å². The lowest BCUT2D eigenvalue weighted by molar-refractivity contribution is -0.121. The number of oxazole rings is 1. The van der Waals surface area contributed by atoms with Crippen LogP contribution in [0.3, 0.4) is 0 Å². The summed E-state index contributed by atoms with van der Waals surface area (Å²) in [6, 6.07) is 5.63. The van der Waals surface area contributed by atoms with Gasteiger partial charge in [0, 0.05) is 18.0 Å². The molecule has 0 saturated carbocycles. The van der Waals surface area contributed by atoms with E-state index in [4.69, 9.17) is 4.42 Å². The summed E-state index contributed by atoms with van der Waals surface area (Å²) in [6.45, 7) is 3.60. The van der Waals surface area contributed by atoms with Gasteiger partial charge in [-0.2, -0.15) is 0 Å². The number of nitrogens with one attached hydrogen (secondary N) is 1. The molecule has 2 rings (SSSR count). The second-order valence-electron chi connectivity index (χ2n) is 5.72. The van der Waals surface area contributed by atoms with E-state index in [9.17, 15) is 17.6 Å². The van der Waals surface area contributed by atoms with Crippen molar-refractivity contribution in [2.75, 3.05) is 5.75 Å². The van der Waals surface area contributed by atoms with E-state index in [1.165, 1.54) is 24.5 Å². The lowest BCUT2D eigenvalue weighted by Gasteiger charge is -2.08. The van der Waals surface area contributed by atoms with Gasteiger partial charge in [-0.3, -0.25) is 4.79 Å². The summed E-state index contributed by atoms with van der Waals surface area (Å²) < 4.78 is 42.5. The first kappa shape index (κ1) is 18.1. The van der Waals surface area contributed by atoms with Crippen LogP contribution in [0.4, 0.5) is 4.39 Å². The van der Waals surface area contributed by atoms with Gasteiger partial charge < -0.3 is 9.73 Å². The van der Waals surface area contributed by atoms with Crippen LogP contribution in [0.5, 0.6) is 0 Å². The second kappa shape index (κ2) is 7.57. The molecule has 2 aromatic rings. The van der Waals surface area contributed by atoms with Gasteiger partial charge in [-0.05, 0) is 32.0 Å². The number of nitrogens with zero attached hydrogens (tertiary/aromatic N) is 1. The molecule has 0 saturated heterocycles. The van der Waals surface area contributed by atoms with Gasteiger partial charge in [-0.25, -0.2) is 17.8 Å². The van der Waals surface area contributed by atoms with Crippen LogP contribution in [0.2, 0.25) is 0 Å². The summed E-state index contributed by atoms with van der Waals surface area (Å²) in [5, 5.41) is 2.64. The molecule has 0 unspecified atom stereocenters. The number of amides is 1. The van der Waals surface area contributed by atoms with Crippen molar-refractivity contribution in [3.63, 3.8) is 0 Å². The molecule has 0 aliphatic carbocycles. The first-order valence-corrected chi connectivity index (χ1v) is 9.27. The van der Waals surface area contributed by atoms with Crippen LogP contribution < -0.4 is 5.32 Å². The van der Waals surface area contributed by atoms with E-state index in [0.29, 0.717) is 5.56 Å². The topological polar surface area (TPSA) is 89.3 Å². The molecule has 6 nitrogen and oxygen atoms in total. The summed E-state index contributed by atoms with van der Waals surface area (Å²) in [7, 11) is -3.50. The highest BCUT2D eigenvalue weighted by molar-refractivity contribution is 7.90. The molecule has 0 radical (unpaired) electrons. The van der Waals surface area contributed by atoms with E-state index in [0.717, 1.165) is 0 Å². The molecule has 1 heterocycles. The third-order valence-electron chi connectivity index (χ3n) is 3.08. The highest BCUT2D eigenvalue weighted by Gasteiger charge is 2.18. The summed E-state index contributed by atoms with van der Waals surface area (Å²) in [5.74, 6) is -1.20. The smallest absolute Gasteiger partial charge is 0.226 e. The van der Waals surface area contributed by atoms with Gasteiger partial charge in [0.15, 0.2) is 9.84 Å². The third-order valence-corrected chi connectivity index (χ3v) is 4.64. The van der Waals surface area contributed by atoms with Crippen LogP contribution in [-0.2, 0) is 20.4 Å². The summed E-state index contributed by atoms with van der Waals surface area (Å²) in [4.78, 5) is 15.6. The van der Waals surface area contributed by atoms with Crippen LogP contribution in [0.15, 0.2) is 34.9 Å². The quantitative estimate of drug-likeness (QED) is 0.824. The second-order valence-corrected chi connectivity index (χ2v) is 7.90. The summed E-state index contributed by atoms with van der Waals surface area (Å²) in [5.41, 5.74) is 0.647. The van der Waals surface area contributed by atoms with E-state index < -0.39 is 15.7 Å². The zero-order chi connectivity index (χ0) is 17.7. The van der Waals surface area contributed by atoms with Crippen molar-refractivity contribution in [2.45, 2.75) is 32.1 Å². The van der Waals surface area contributed by atoms with Gasteiger partial charge in [-0.15, -0.1) is 0 Å². The van der Waals surface area contributed by atoms with E-state index in [-0.39, 0.29) is 41.5 Å². The Labute approximate surface area is 140 Å². The highest BCUT2D eigenvalue weighted by Crippen LogP contribution is 2.20. The zero-order valence-corrected chi connectivity index (χ0v) is 14.3. The minimum absolute atomic E-state index is 0.0374. The van der Waals surface area contributed by atoms with Gasteiger partial charge in [0.2, 0.25) is 11.8 Å². The molecule has 1 amide bonds. The molecular formula is C16H19FN2O4S. The molecule has 130 valence electrons. The number of benzene rings is 1. The largest absolute Gasteiger partial charge is 0.444 e. The Morgan fingerprint density at radius 1 is 1.38 bits per heavy atom. The van der Waals surface area contributed by atoms with Crippen LogP contribution in [0.1, 0.15) is 26.0 Å². The maximum absolute atomic E-state index is 13.2. The average Bonchev–Trinajstić information content (AvgIpc) is 2.92. The predicted molar refractivity (Wildman–Crippen MR) is 87.3 cm³/mol. The van der Waals surface area contributed by atoms with Crippen molar-refractivity contribution >= 4 is 15.7 Å². The van der Waals surface area contributed by atoms with Crippen LogP contribution in [0, 0.1) is 5.82 Å². The minimum atomic E-state index is -3.50. The zero-order valence-electron chi connectivity index (χ0n) is 13.5. The molecule has 24 heavy (non-hydrogen) atoms. The van der Waals surface area contributed by atoms with Gasteiger partial charge in [0.05, 0.1) is 17.2 Å². The predicted octanol–water partition coefficient (Wildman–Crippen LogP) is 2.31. The van der Waals surface area contributed by atoms with Crippen molar-refractivity contribution in [1.82, 2.24) is 10.3 Å². The average molecular weight is 354 g/mol. The standard InChI is InChI=1S/C16H19FN2O4S/c1-11(2)18-15(20)6-7-24(21,22)10-14-9-23-16(19-14)12-4-3-5-13(17)8-12/h3-5,8-9,11H,6-7,10H2,1-2H3,(H,18,20). The fourth-order valence-corrected chi connectivity index (χ4v) is 3.29. The molecule has 1 aromatic heterocycles. The van der Waals surface area contributed by atoms with Crippen molar-refractivity contribution in [2.24, 2.45) is 0 Å². The van der Waals surface area contributed by atoms with Gasteiger partial charge >= 0.3 is 0 Å². The molecule has 1 aromatic carbocycles. The number of hydrogen-bond acceptors (Lipinski definition) is 5. The minimum Gasteiger partial charge on any atom is -0.444 e. The maximum Gasteiger partial charge on any atom is 0.226 e. The highest BCUT2D eigenvalue weighted by atomic mass is 32.2. The number of rotatable bonds is 7. The SMILES string of the molecule is CC(C)NC(=O)CCS(=O)(=O)Cc1coc(-c2cccc(F)c2)n1. The molecule has 1 N–H and O–H groups in total. The van der Waals surface area contributed by atoms with E-state index in [1.54, 1.807) is 19.9 Å². The number of carbonyl (C=O) groups excluding carboxylic acids is 1. The monoisotopic (exact) mass is 354 g/mol. The van der Waals surface area contributed by atoms with Crippen molar-refractivity contribution in [3.05, 3.63) is 42.0 Å². The Morgan fingerprint density at radius 3 is 2.79 bits per heavy atom. The maximum atomic E-state index is 13.2. The van der Waals surface area contributed by atoms with E-state index in [2.05, 4.69) is 10.3 Å². The van der Waals surface area contributed by atoms with Gasteiger partial charge in [-0.1, -0.05) is 6.07 Å². The normalized spacial score (nSPS) is 11.7. The summed E-state index contributed by atoms with van der Waals surface area (Å²) in [6.07, 6.45) is 1.13. The van der Waals surface area contributed by atoms with Crippen molar-refractivity contribution in [3.8, 4) is 11.5 Å². The van der Waals surface area contributed by atoms with Crippen LogP contribution in [0.25, 0.3) is 11.5 Å². The van der Waals surface area contributed by atoms with Crippen molar-refractivity contribution < 1.29 is 22.0 Å². The van der Waals surface area contributed by atoms with Gasteiger partial charge in [0.25, 0.3) is 0 Å². The lowest BCUT2D eigenvalue weighted by Crippen LogP contribution is -2.31. The molecule has 0 fully saturated rings. The molecule has 0 aliphatic heterocycles. The Hall–Kier alpha value is -2.22. The Balaban J connectivity index is 1.99. The van der Waals surface area contributed by atoms with E-state index in [1.807, 2.05) is 0 Å². The number of sulfone groups is 1. The molecule has 0 bridgehead atoms. The van der Waals surface area contributed by atoms with Crippen LogP contribution in [-0.4, -0.2) is 31.1 Å². The van der Waals surface area contributed by atoms with Gasteiger partial charge in [0.1, 0.15) is 12.1 Å². The fourth-order valence-electron chi connectivity index (χ4n) is 2.07. The van der Waals surface area contributed by atoms with Crippen LogP contribution >= 0.6 is 0 Å². The van der Waals surface area contributed by atoms with E-state index >= 15 is 0 Å². The Morgan fingerprint density at radius 2 is 2.12 bits per heavy atom. The first-order valence-electron chi connectivity index (χ1n) is 7.45.